The molecule has 1 fully saturated rings. The molecule has 3 aromatic carbocycles. The van der Waals surface area contributed by atoms with Crippen LogP contribution < -0.4 is 16.2 Å². The highest BCUT2D eigenvalue weighted by molar-refractivity contribution is 6.36. The Bertz CT molecular complexity index is 1870. The summed E-state index contributed by atoms with van der Waals surface area (Å²) < 4.78 is 15.9. The van der Waals surface area contributed by atoms with E-state index in [4.69, 9.17) is 17.0 Å². The standard InChI is InChI=1S/C24H23FN4O.C9H9ClN2/c1-15(26)18-7-4-6-10-21(18)27-17-13-22(24(30)29(2)14-17)28-23(16-11-12-16)19-8-3-5-9-20(19)25;1-2-6-3-4-8-7(9(6)10)5-11-12-8/h3-10,13-14,26-28H,11-12H2,1-2H3;3-5H,2H2,1H3,(H,11,12). The smallest absolute Gasteiger partial charge is 0.274 e. The van der Waals surface area contributed by atoms with Crippen LogP contribution in [-0.4, -0.2) is 20.5 Å². The maximum absolute atomic E-state index is 14.4. The highest BCUT2D eigenvalue weighted by atomic mass is 35.5. The van der Waals surface area contributed by atoms with E-state index in [0.29, 0.717) is 28.3 Å². The van der Waals surface area contributed by atoms with E-state index < -0.39 is 0 Å². The van der Waals surface area contributed by atoms with E-state index >= 15 is 0 Å². The number of aromatic amines is 1. The van der Waals surface area contributed by atoms with Crippen LogP contribution >= 0.6 is 11.6 Å². The minimum absolute atomic E-state index is 0.202. The van der Waals surface area contributed by atoms with Crippen LogP contribution in [0.1, 0.15) is 43.4 Å². The average molecular weight is 583 g/mol. The van der Waals surface area contributed by atoms with Crippen molar-refractivity contribution in [2.45, 2.75) is 33.1 Å². The van der Waals surface area contributed by atoms with Gasteiger partial charge in [0.05, 0.1) is 22.4 Å². The fourth-order valence-electron chi connectivity index (χ4n) is 4.70. The number of nitrogens with zero attached hydrogens (tertiary/aromatic N) is 2. The monoisotopic (exact) mass is 582 g/mol. The number of hydrogen-bond donors (Lipinski definition) is 4. The maximum Gasteiger partial charge on any atom is 0.274 e. The van der Waals surface area contributed by atoms with Crippen LogP contribution in [0.3, 0.4) is 0 Å². The molecule has 9 heteroatoms. The summed E-state index contributed by atoms with van der Waals surface area (Å²) in [5.74, 6) is -0.319. The SMILES string of the molecule is CC(=N)c1ccccc1Nc1cc(NC(=C2CC2)c2ccccc2F)c(=O)n(C)c1.CCc1ccc2[nH]ncc2c1Cl. The summed E-state index contributed by atoms with van der Waals surface area (Å²) in [6.07, 6.45) is 6.20. The summed E-state index contributed by atoms with van der Waals surface area (Å²) in [4.78, 5) is 12.8. The van der Waals surface area contributed by atoms with Crippen molar-refractivity contribution in [3.05, 3.63) is 123 Å². The summed E-state index contributed by atoms with van der Waals surface area (Å²) in [7, 11) is 1.68. The molecule has 0 unspecified atom stereocenters. The molecule has 0 bridgehead atoms. The number of H-pyrrole nitrogens is 1. The van der Waals surface area contributed by atoms with Crippen LogP contribution in [0.25, 0.3) is 16.6 Å². The first-order valence-corrected chi connectivity index (χ1v) is 14.1. The number of aryl methyl sites for hydroxylation is 2. The van der Waals surface area contributed by atoms with Gasteiger partial charge in [-0.05, 0) is 67.7 Å². The number of halogens is 2. The Balaban J connectivity index is 0.000000244. The molecule has 7 nitrogen and oxygen atoms in total. The van der Waals surface area contributed by atoms with Crippen molar-refractivity contribution in [1.82, 2.24) is 14.8 Å². The van der Waals surface area contributed by atoms with Gasteiger partial charge in [-0.3, -0.25) is 9.89 Å². The molecule has 0 radical (unpaired) electrons. The predicted molar refractivity (Wildman–Crippen MR) is 171 cm³/mol. The number of nitrogens with one attached hydrogen (secondary N) is 4. The third kappa shape index (κ3) is 6.29. The molecule has 1 aliphatic rings. The molecule has 4 N–H and O–H groups in total. The molecule has 0 amide bonds. The van der Waals surface area contributed by atoms with Crippen molar-refractivity contribution in [2.24, 2.45) is 7.05 Å². The zero-order valence-corrected chi connectivity index (χ0v) is 24.4. The van der Waals surface area contributed by atoms with E-state index in [1.807, 2.05) is 36.4 Å². The fraction of sp³-hybridized carbons (Fsp3) is 0.182. The number of rotatable bonds is 7. The van der Waals surface area contributed by atoms with E-state index in [1.165, 1.54) is 16.2 Å². The highest BCUT2D eigenvalue weighted by Crippen LogP contribution is 2.37. The second-order valence-corrected chi connectivity index (χ2v) is 10.5. The first kappa shape index (κ1) is 28.8. The third-order valence-corrected chi connectivity index (χ3v) is 7.52. The number of allylic oxidation sites excluding steroid dienone is 1. The van der Waals surface area contributed by atoms with Gasteiger partial charge in [-0.25, -0.2) is 4.39 Å². The number of pyridine rings is 1. The molecule has 1 saturated carbocycles. The number of aromatic nitrogens is 3. The molecular weight excluding hydrogens is 551 g/mol. The van der Waals surface area contributed by atoms with Gasteiger partial charge < -0.3 is 20.6 Å². The summed E-state index contributed by atoms with van der Waals surface area (Å²) in [6, 6.07) is 19.9. The summed E-state index contributed by atoms with van der Waals surface area (Å²) in [5.41, 5.74) is 7.28. The molecular formula is C33H32ClFN6O. The normalized spacial score (nSPS) is 12.0. The average Bonchev–Trinajstić information content (AvgIpc) is 3.71. The third-order valence-electron chi connectivity index (χ3n) is 7.07. The van der Waals surface area contributed by atoms with Crippen molar-refractivity contribution in [1.29, 1.82) is 5.41 Å². The van der Waals surface area contributed by atoms with E-state index in [9.17, 15) is 9.18 Å². The van der Waals surface area contributed by atoms with Crippen LogP contribution in [0.5, 0.6) is 0 Å². The lowest BCUT2D eigenvalue weighted by Crippen LogP contribution is -2.21. The van der Waals surface area contributed by atoms with Gasteiger partial charge >= 0.3 is 0 Å². The number of hydrogen-bond acceptors (Lipinski definition) is 5. The summed E-state index contributed by atoms with van der Waals surface area (Å²) in [6.45, 7) is 3.82. The predicted octanol–water partition coefficient (Wildman–Crippen LogP) is 8.05. The lowest BCUT2D eigenvalue weighted by atomic mass is 10.1. The Morgan fingerprint density at radius 2 is 1.79 bits per heavy atom. The van der Waals surface area contributed by atoms with E-state index in [1.54, 1.807) is 50.6 Å². The van der Waals surface area contributed by atoms with Gasteiger partial charge in [-0.1, -0.05) is 54.9 Å². The van der Waals surface area contributed by atoms with Crippen molar-refractivity contribution in [2.75, 3.05) is 10.6 Å². The number of para-hydroxylation sites is 1. The Hall–Kier alpha value is -4.69. The molecule has 0 atom stereocenters. The van der Waals surface area contributed by atoms with Gasteiger partial charge in [0.25, 0.3) is 5.56 Å². The number of anilines is 3. The van der Waals surface area contributed by atoms with E-state index in [0.717, 1.165) is 52.0 Å². The first-order valence-electron chi connectivity index (χ1n) is 13.7. The topological polar surface area (TPSA) is 98.6 Å². The van der Waals surface area contributed by atoms with Gasteiger partial charge in [0.15, 0.2) is 0 Å². The fourth-order valence-corrected chi connectivity index (χ4v) is 5.05. The van der Waals surface area contributed by atoms with Crippen LogP contribution in [-0.2, 0) is 13.5 Å². The minimum atomic E-state index is -0.319. The lowest BCUT2D eigenvalue weighted by Gasteiger charge is -2.16. The van der Waals surface area contributed by atoms with Crippen LogP contribution in [0.2, 0.25) is 5.02 Å². The summed E-state index contributed by atoms with van der Waals surface area (Å²) in [5, 5.41) is 23.1. The molecule has 0 saturated heterocycles. The lowest BCUT2D eigenvalue weighted by molar-refractivity contribution is 0.624. The molecule has 2 heterocycles. The van der Waals surface area contributed by atoms with Crippen LogP contribution in [0, 0.1) is 11.2 Å². The van der Waals surface area contributed by atoms with Gasteiger partial charge in [0.2, 0.25) is 0 Å². The van der Waals surface area contributed by atoms with Crippen molar-refractivity contribution < 1.29 is 4.39 Å². The molecule has 1 aliphatic carbocycles. The van der Waals surface area contributed by atoms with Gasteiger partial charge in [-0.15, -0.1) is 0 Å². The molecule has 42 heavy (non-hydrogen) atoms. The summed E-state index contributed by atoms with van der Waals surface area (Å²) >= 11 is 6.12. The van der Waals surface area contributed by atoms with Gasteiger partial charge in [-0.2, -0.15) is 5.10 Å². The molecule has 0 aliphatic heterocycles. The van der Waals surface area contributed by atoms with Crippen LogP contribution in [0.4, 0.5) is 21.5 Å². The Morgan fingerprint density at radius 3 is 2.48 bits per heavy atom. The van der Waals surface area contributed by atoms with Crippen molar-refractivity contribution >= 4 is 51.0 Å². The largest absolute Gasteiger partial charge is 0.354 e. The van der Waals surface area contributed by atoms with Gasteiger partial charge in [0, 0.05) is 46.9 Å². The molecule has 0 spiro atoms. The molecule has 6 rings (SSSR count). The zero-order valence-electron chi connectivity index (χ0n) is 23.7. The van der Waals surface area contributed by atoms with Crippen molar-refractivity contribution in [3.63, 3.8) is 0 Å². The Morgan fingerprint density at radius 1 is 1.07 bits per heavy atom. The van der Waals surface area contributed by atoms with E-state index in [-0.39, 0.29) is 11.4 Å². The minimum Gasteiger partial charge on any atom is -0.354 e. The second kappa shape index (κ2) is 12.4. The molecule has 5 aromatic rings. The Kier molecular flexibility index (Phi) is 8.54. The Labute approximate surface area is 248 Å². The second-order valence-electron chi connectivity index (χ2n) is 10.2. The van der Waals surface area contributed by atoms with E-state index in [2.05, 4.69) is 27.8 Å². The van der Waals surface area contributed by atoms with Gasteiger partial charge in [0.1, 0.15) is 11.5 Å². The zero-order chi connectivity index (χ0) is 29.8. The number of benzene rings is 3. The first-order chi connectivity index (χ1) is 20.3. The number of fused-ring (bicyclic) bond motifs is 1. The highest BCUT2D eigenvalue weighted by Gasteiger charge is 2.22. The van der Waals surface area contributed by atoms with Crippen molar-refractivity contribution in [3.8, 4) is 0 Å². The maximum atomic E-state index is 14.4. The van der Waals surface area contributed by atoms with Crippen LogP contribution in [0.15, 0.2) is 89.5 Å². The quantitative estimate of drug-likeness (QED) is 0.146. The molecule has 2 aromatic heterocycles. The molecule has 214 valence electrons.